The number of carboxylic acids is 1. The van der Waals surface area contributed by atoms with E-state index in [2.05, 4.69) is 4.98 Å². The number of carboxylic acid groups (broad SMARTS) is 1. The Kier molecular flexibility index (Phi) is 3.27. The molecule has 0 radical (unpaired) electrons. The molecule has 1 aliphatic heterocycles. The second kappa shape index (κ2) is 4.72. The third-order valence-electron chi connectivity index (χ3n) is 3.34. The molecule has 0 aromatic carbocycles. The predicted molar refractivity (Wildman–Crippen MR) is 60.4 cm³/mol. The van der Waals surface area contributed by atoms with Gasteiger partial charge in [0.1, 0.15) is 0 Å². The summed E-state index contributed by atoms with van der Waals surface area (Å²) in [5.41, 5.74) is -0.0668. The summed E-state index contributed by atoms with van der Waals surface area (Å²) >= 11 is 0. The van der Waals surface area contributed by atoms with Gasteiger partial charge < -0.3 is 10.0 Å². The molecule has 6 heteroatoms. The first-order valence-electron chi connectivity index (χ1n) is 5.65. The first-order valence-corrected chi connectivity index (χ1v) is 5.65. The Hall–Kier alpha value is -1.98. The average Bonchev–Trinajstić information content (AvgIpc) is 2.71. The van der Waals surface area contributed by atoms with E-state index in [1.54, 1.807) is 6.92 Å². The first kappa shape index (κ1) is 12.5. The van der Waals surface area contributed by atoms with Crippen molar-refractivity contribution in [1.82, 2.24) is 9.88 Å². The molecule has 1 N–H and O–H groups in total. The highest BCUT2D eigenvalue weighted by Gasteiger charge is 2.38. The molecule has 1 aromatic heterocycles. The second-order valence-electron chi connectivity index (χ2n) is 4.33. The quantitative estimate of drug-likeness (QED) is 0.857. The molecule has 96 valence electrons. The summed E-state index contributed by atoms with van der Waals surface area (Å²) in [5, 5.41) is 8.99. The number of hydrogen-bond acceptors (Lipinski definition) is 3. The van der Waals surface area contributed by atoms with Crippen LogP contribution in [0, 0.1) is 11.7 Å². The standard InChI is InChI=1S/C12H13FN2O3/c1-7-8(12(17)18)3-5-15(7)11(16)9-2-4-14-6-10(9)13/h2,4,6-8H,3,5H2,1H3,(H,17,18). The minimum absolute atomic E-state index is 0.0668. The number of carbonyl (C=O) groups is 2. The van der Waals surface area contributed by atoms with E-state index in [0.717, 1.165) is 6.20 Å². The van der Waals surface area contributed by atoms with E-state index in [0.29, 0.717) is 13.0 Å². The number of amides is 1. The van der Waals surface area contributed by atoms with E-state index in [-0.39, 0.29) is 5.56 Å². The highest BCUT2D eigenvalue weighted by molar-refractivity contribution is 5.95. The van der Waals surface area contributed by atoms with Gasteiger partial charge in [-0.25, -0.2) is 4.39 Å². The highest BCUT2D eigenvalue weighted by atomic mass is 19.1. The molecule has 2 rings (SSSR count). The molecule has 0 saturated carbocycles. The lowest BCUT2D eigenvalue weighted by atomic mass is 10.0. The third-order valence-corrected chi connectivity index (χ3v) is 3.34. The Morgan fingerprint density at radius 3 is 2.83 bits per heavy atom. The minimum Gasteiger partial charge on any atom is -0.481 e. The smallest absolute Gasteiger partial charge is 0.308 e. The van der Waals surface area contributed by atoms with E-state index >= 15 is 0 Å². The number of aliphatic carboxylic acids is 1. The van der Waals surface area contributed by atoms with Gasteiger partial charge in [0.15, 0.2) is 5.82 Å². The summed E-state index contributed by atoms with van der Waals surface area (Å²) in [4.78, 5) is 28.0. The third kappa shape index (κ3) is 2.05. The molecule has 2 heterocycles. The van der Waals surface area contributed by atoms with Gasteiger partial charge in [-0.15, -0.1) is 0 Å². The van der Waals surface area contributed by atoms with Crippen LogP contribution in [0.4, 0.5) is 4.39 Å². The van der Waals surface area contributed by atoms with Crippen LogP contribution >= 0.6 is 0 Å². The van der Waals surface area contributed by atoms with Gasteiger partial charge in [0.05, 0.1) is 17.7 Å². The van der Waals surface area contributed by atoms with Crippen molar-refractivity contribution in [3.8, 4) is 0 Å². The number of halogens is 1. The van der Waals surface area contributed by atoms with Crippen molar-refractivity contribution in [2.24, 2.45) is 5.92 Å². The van der Waals surface area contributed by atoms with Crippen LogP contribution in [0.3, 0.4) is 0 Å². The van der Waals surface area contributed by atoms with Crippen LogP contribution in [-0.2, 0) is 4.79 Å². The highest BCUT2D eigenvalue weighted by Crippen LogP contribution is 2.26. The lowest BCUT2D eigenvalue weighted by Crippen LogP contribution is -2.38. The summed E-state index contributed by atoms with van der Waals surface area (Å²) in [5.74, 6) is -2.67. The second-order valence-corrected chi connectivity index (χ2v) is 4.33. The summed E-state index contributed by atoms with van der Waals surface area (Å²) in [7, 11) is 0. The van der Waals surface area contributed by atoms with Crippen molar-refractivity contribution >= 4 is 11.9 Å². The molecule has 5 nitrogen and oxygen atoms in total. The number of pyridine rings is 1. The normalized spacial score (nSPS) is 23.1. The molecule has 0 spiro atoms. The molecule has 18 heavy (non-hydrogen) atoms. The van der Waals surface area contributed by atoms with E-state index in [1.165, 1.54) is 17.2 Å². The molecule has 1 aliphatic rings. The SMILES string of the molecule is CC1C(C(=O)O)CCN1C(=O)c1ccncc1F. The van der Waals surface area contributed by atoms with Crippen molar-refractivity contribution in [1.29, 1.82) is 0 Å². The zero-order valence-corrected chi connectivity index (χ0v) is 9.84. The summed E-state index contributed by atoms with van der Waals surface area (Å²) in [6.45, 7) is 2.00. The maximum absolute atomic E-state index is 13.4. The molecule has 1 amide bonds. The van der Waals surface area contributed by atoms with Crippen LogP contribution < -0.4 is 0 Å². The van der Waals surface area contributed by atoms with Crippen LogP contribution in [-0.4, -0.2) is 39.5 Å². The van der Waals surface area contributed by atoms with Gasteiger partial charge >= 0.3 is 5.97 Å². The van der Waals surface area contributed by atoms with Gasteiger partial charge in [0, 0.05) is 18.8 Å². The molecular formula is C12H13FN2O3. The van der Waals surface area contributed by atoms with Crippen LogP contribution in [0.25, 0.3) is 0 Å². The van der Waals surface area contributed by atoms with E-state index in [4.69, 9.17) is 5.11 Å². The monoisotopic (exact) mass is 252 g/mol. The largest absolute Gasteiger partial charge is 0.481 e. The molecule has 0 aliphatic carbocycles. The number of carbonyl (C=O) groups excluding carboxylic acids is 1. The predicted octanol–water partition coefficient (Wildman–Crippen LogP) is 1.16. The Morgan fingerprint density at radius 1 is 1.56 bits per heavy atom. The van der Waals surface area contributed by atoms with Crippen molar-refractivity contribution in [3.63, 3.8) is 0 Å². The molecule has 1 aromatic rings. The Bertz CT molecular complexity index is 492. The average molecular weight is 252 g/mol. The Morgan fingerprint density at radius 2 is 2.28 bits per heavy atom. The molecule has 1 fully saturated rings. The Balaban J connectivity index is 2.21. The van der Waals surface area contributed by atoms with E-state index < -0.39 is 29.7 Å². The molecule has 0 bridgehead atoms. The van der Waals surface area contributed by atoms with Crippen LogP contribution in [0.15, 0.2) is 18.5 Å². The van der Waals surface area contributed by atoms with Gasteiger partial charge in [0.25, 0.3) is 5.91 Å². The number of likely N-dealkylation sites (tertiary alicyclic amines) is 1. The van der Waals surface area contributed by atoms with Crippen molar-refractivity contribution in [2.45, 2.75) is 19.4 Å². The number of aromatic nitrogens is 1. The van der Waals surface area contributed by atoms with E-state index in [9.17, 15) is 14.0 Å². The minimum atomic E-state index is -0.923. The van der Waals surface area contributed by atoms with Crippen molar-refractivity contribution < 1.29 is 19.1 Å². The number of hydrogen-bond donors (Lipinski definition) is 1. The zero-order valence-electron chi connectivity index (χ0n) is 9.84. The molecular weight excluding hydrogens is 239 g/mol. The van der Waals surface area contributed by atoms with Gasteiger partial charge in [-0.3, -0.25) is 14.6 Å². The van der Waals surface area contributed by atoms with Gasteiger partial charge in [-0.05, 0) is 19.4 Å². The van der Waals surface area contributed by atoms with Crippen molar-refractivity contribution in [2.75, 3.05) is 6.54 Å². The van der Waals surface area contributed by atoms with Crippen LogP contribution in [0.2, 0.25) is 0 Å². The lowest BCUT2D eigenvalue weighted by Gasteiger charge is -2.23. The topological polar surface area (TPSA) is 70.5 Å². The first-order chi connectivity index (χ1) is 8.52. The van der Waals surface area contributed by atoms with Gasteiger partial charge in [-0.2, -0.15) is 0 Å². The molecule has 2 atom stereocenters. The van der Waals surface area contributed by atoms with Crippen LogP contribution in [0.5, 0.6) is 0 Å². The fourth-order valence-corrected chi connectivity index (χ4v) is 2.26. The summed E-state index contributed by atoms with van der Waals surface area (Å²) in [6, 6.07) is 0.876. The van der Waals surface area contributed by atoms with Crippen LogP contribution in [0.1, 0.15) is 23.7 Å². The van der Waals surface area contributed by atoms with Gasteiger partial charge in [-0.1, -0.05) is 0 Å². The summed E-state index contributed by atoms with van der Waals surface area (Å²) < 4.78 is 13.4. The zero-order chi connectivity index (χ0) is 13.3. The fourth-order valence-electron chi connectivity index (χ4n) is 2.26. The van der Waals surface area contributed by atoms with Gasteiger partial charge in [0.2, 0.25) is 0 Å². The van der Waals surface area contributed by atoms with E-state index in [1.807, 2.05) is 0 Å². The molecule has 2 unspecified atom stereocenters. The molecule has 1 saturated heterocycles. The fraction of sp³-hybridized carbons (Fsp3) is 0.417. The number of nitrogens with zero attached hydrogens (tertiary/aromatic N) is 2. The maximum atomic E-state index is 13.4. The maximum Gasteiger partial charge on any atom is 0.308 e. The number of rotatable bonds is 2. The summed E-state index contributed by atoms with van der Waals surface area (Å²) in [6.07, 6.45) is 2.71. The Labute approximate surface area is 103 Å². The lowest BCUT2D eigenvalue weighted by molar-refractivity contribution is -0.142. The van der Waals surface area contributed by atoms with Crippen molar-refractivity contribution in [3.05, 3.63) is 29.8 Å².